The second-order valence-electron chi connectivity index (χ2n) is 6.13. The van der Waals surface area contributed by atoms with Crippen molar-refractivity contribution in [3.05, 3.63) is 72.6 Å². The van der Waals surface area contributed by atoms with Gasteiger partial charge in [-0.3, -0.25) is 9.78 Å². The van der Waals surface area contributed by atoms with Crippen LogP contribution in [0.3, 0.4) is 0 Å². The van der Waals surface area contributed by atoms with Crippen LogP contribution in [0.15, 0.2) is 67.0 Å². The molecule has 0 N–H and O–H groups in total. The molecule has 2 aromatic heterocycles. The molecular formula is C22H17N3O3. The summed E-state index contributed by atoms with van der Waals surface area (Å²) in [6.45, 7) is 1.51. The summed E-state index contributed by atoms with van der Waals surface area (Å²) in [5, 5.41) is 0.776. The Morgan fingerprint density at radius 3 is 2.46 bits per heavy atom. The van der Waals surface area contributed by atoms with Crippen molar-refractivity contribution in [2.24, 2.45) is 0 Å². The van der Waals surface area contributed by atoms with E-state index in [1.807, 2.05) is 36.4 Å². The van der Waals surface area contributed by atoms with Gasteiger partial charge in [0.25, 0.3) is 0 Å². The van der Waals surface area contributed by atoms with Crippen LogP contribution in [0.25, 0.3) is 22.3 Å². The maximum absolute atomic E-state index is 11.6. The molecule has 0 bridgehead atoms. The number of ether oxygens (including phenoxy) is 2. The van der Waals surface area contributed by atoms with E-state index in [9.17, 15) is 4.79 Å². The monoisotopic (exact) mass is 371 g/mol. The highest BCUT2D eigenvalue weighted by Gasteiger charge is 2.14. The van der Waals surface area contributed by atoms with Gasteiger partial charge in [-0.1, -0.05) is 12.1 Å². The predicted octanol–water partition coefficient (Wildman–Crippen LogP) is 4.70. The van der Waals surface area contributed by atoms with Crippen LogP contribution in [0.5, 0.6) is 17.4 Å². The molecule has 4 aromatic rings. The van der Waals surface area contributed by atoms with Gasteiger partial charge >= 0.3 is 0 Å². The van der Waals surface area contributed by atoms with Gasteiger partial charge in [0, 0.05) is 23.5 Å². The lowest BCUT2D eigenvalue weighted by molar-refractivity contribution is 0.101. The summed E-state index contributed by atoms with van der Waals surface area (Å²) in [6.07, 6.45) is 3.38. The van der Waals surface area contributed by atoms with Gasteiger partial charge in [0.2, 0.25) is 5.88 Å². The average molecular weight is 371 g/mol. The van der Waals surface area contributed by atoms with Crippen LogP contribution < -0.4 is 9.47 Å². The van der Waals surface area contributed by atoms with E-state index in [-0.39, 0.29) is 5.78 Å². The van der Waals surface area contributed by atoms with Gasteiger partial charge in [-0.15, -0.1) is 0 Å². The van der Waals surface area contributed by atoms with Crippen molar-refractivity contribution in [1.82, 2.24) is 15.0 Å². The number of pyridine rings is 1. The van der Waals surface area contributed by atoms with Crippen molar-refractivity contribution in [2.45, 2.75) is 6.92 Å². The number of hydrogen-bond acceptors (Lipinski definition) is 6. The van der Waals surface area contributed by atoms with Crippen LogP contribution in [-0.4, -0.2) is 27.8 Å². The standard InChI is InChI=1S/C22H17N3O3/c1-14(26)16-7-8-19(20(13-16)27-2)28-22-17-5-3-4-6-18(17)24-21(25-22)15-9-11-23-12-10-15/h3-13H,1-2H3. The number of ketones is 1. The van der Waals surface area contributed by atoms with Gasteiger partial charge in [0.15, 0.2) is 23.1 Å². The highest BCUT2D eigenvalue weighted by atomic mass is 16.5. The predicted molar refractivity (Wildman–Crippen MR) is 106 cm³/mol. The minimum absolute atomic E-state index is 0.0442. The smallest absolute Gasteiger partial charge is 0.230 e. The van der Waals surface area contributed by atoms with Crippen molar-refractivity contribution in [3.63, 3.8) is 0 Å². The van der Waals surface area contributed by atoms with Gasteiger partial charge in [-0.25, -0.2) is 4.98 Å². The lowest BCUT2D eigenvalue weighted by atomic mass is 10.1. The normalized spacial score (nSPS) is 10.6. The Hall–Kier alpha value is -3.80. The number of benzene rings is 2. The van der Waals surface area contributed by atoms with Crippen molar-refractivity contribution < 1.29 is 14.3 Å². The SMILES string of the molecule is COc1cc(C(C)=O)ccc1Oc1nc(-c2ccncc2)nc2ccccc12. The number of carbonyl (C=O) groups excluding carboxylic acids is 1. The van der Waals surface area contributed by atoms with E-state index in [4.69, 9.17) is 9.47 Å². The van der Waals surface area contributed by atoms with Crippen molar-refractivity contribution in [3.8, 4) is 28.8 Å². The molecule has 6 nitrogen and oxygen atoms in total. The van der Waals surface area contributed by atoms with Crippen molar-refractivity contribution in [2.75, 3.05) is 7.11 Å². The number of methoxy groups -OCH3 is 1. The Labute approximate surface area is 161 Å². The number of rotatable bonds is 5. The molecule has 0 saturated carbocycles. The zero-order valence-electron chi connectivity index (χ0n) is 15.4. The van der Waals surface area contributed by atoms with E-state index in [1.165, 1.54) is 14.0 Å². The third kappa shape index (κ3) is 3.40. The first-order valence-electron chi connectivity index (χ1n) is 8.69. The summed E-state index contributed by atoms with van der Waals surface area (Å²) in [5.74, 6) is 1.83. The van der Waals surface area contributed by atoms with E-state index >= 15 is 0 Å². The Kier molecular flexibility index (Phi) is 4.68. The number of Topliss-reactive ketones (excluding diaryl/α,β-unsaturated/α-hetero) is 1. The molecule has 0 amide bonds. The number of nitrogens with zero attached hydrogens (tertiary/aromatic N) is 3. The summed E-state index contributed by atoms with van der Waals surface area (Å²) in [5.41, 5.74) is 2.15. The molecule has 2 aromatic carbocycles. The Bertz CT molecular complexity index is 1160. The second kappa shape index (κ2) is 7.44. The molecule has 0 atom stereocenters. The summed E-state index contributed by atoms with van der Waals surface area (Å²) in [7, 11) is 1.53. The topological polar surface area (TPSA) is 74.2 Å². The fourth-order valence-corrected chi connectivity index (χ4v) is 2.83. The quantitative estimate of drug-likeness (QED) is 0.474. The highest BCUT2D eigenvalue weighted by molar-refractivity contribution is 5.94. The van der Waals surface area contributed by atoms with E-state index in [0.29, 0.717) is 28.8 Å². The molecule has 0 aliphatic heterocycles. The summed E-state index contributed by atoms with van der Waals surface area (Å²) >= 11 is 0. The molecule has 0 unspecified atom stereocenters. The second-order valence-corrected chi connectivity index (χ2v) is 6.13. The number of carbonyl (C=O) groups is 1. The van der Waals surface area contributed by atoms with Gasteiger partial charge in [0.1, 0.15) is 0 Å². The summed E-state index contributed by atoms with van der Waals surface area (Å²) in [6, 6.07) is 16.4. The van der Waals surface area contributed by atoms with E-state index in [1.54, 1.807) is 30.6 Å². The first-order chi connectivity index (χ1) is 13.7. The molecule has 0 spiro atoms. The molecule has 0 radical (unpaired) electrons. The van der Waals surface area contributed by atoms with Crippen LogP contribution in [0.1, 0.15) is 17.3 Å². The average Bonchev–Trinajstić information content (AvgIpc) is 2.74. The van der Waals surface area contributed by atoms with Gasteiger partial charge < -0.3 is 9.47 Å². The third-order valence-corrected chi connectivity index (χ3v) is 4.28. The maximum atomic E-state index is 11.6. The van der Waals surface area contributed by atoms with E-state index in [0.717, 1.165) is 16.5 Å². The molecule has 0 fully saturated rings. The molecule has 0 aliphatic rings. The molecule has 4 rings (SSSR count). The van der Waals surface area contributed by atoms with Crippen LogP contribution in [-0.2, 0) is 0 Å². The first kappa shape index (κ1) is 17.6. The highest BCUT2D eigenvalue weighted by Crippen LogP contribution is 2.35. The number of hydrogen-bond donors (Lipinski definition) is 0. The lowest BCUT2D eigenvalue weighted by Crippen LogP contribution is -1.99. The Balaban J connectivity index is 1.83. The summed E-state index contributed by atoms with van der Waals surface area (Å²) < 4.78 is 11.5. The van der Waals surface area contributed by atoms with Gasteiger partial charge in [-0.2, -0.15) is 4.98 Å². The zero-order valence-corrected chi connectivity index (χ0v) is 15.4. The molecule has 28 heavy (non-hydrogen) atoms. The van der Waals surface area contributed by atoms with Gasteiger partial charge in [0.05, 0.1) is 18.0 Å². The molecule has 0 saturated heterocycles. The maximum Gasteiger partial charge on any atom is 0.230 e. The third-order valence-electron chi connectivity index (χ3n) is 4.28. The lowest BCUT2D eigenvalue weighted by Gasteiger charge is -2.13. The van der Waals surface area contributed by atoms with Gasteiger partial charge in [-0.05, 0) is 49.4 Å². The Morgan fingerprint density at radius 1 is 0.929 bits per heavy atom. The van der Waals surface area contributed by atoms with E-state index < -0.39 is 0 Å². The van der Waals surface area contributed by atoms with Crippen LogP contribution in [0.4, 0.5) is 0 Å². The van der Waals surface area contributed by atoms with Crippen LogP contribution in [0.2, 0.25) is 0 Å². The minimum Gasteiger partial charge on any atom is -0.493 e. The van der Waals surface area contributed by atoms with Crippen molar-refractivity contribution >= 4 is 16.7 Å². The molecule has 138 valence electrons. The summed E-state index contributed by atoms with van der Waals surface area (Å²) in [4.78, 5) is 24.9. The molecule has 6 heteroatoms. The number of fused-ring (bicyclic) bond motifs is 1. The van der Waals surface area contributed by atoms with Crippen LogP contribution in [0, 0.1) is 0 Å². The van der Waals surface area contributed by atoms with E-state index in [2.05, 4.69) is 15.0 Å². The molecule has 0 aliphatic carbocycles. The minimum atomic E-state index is -0.0442. The Morgan fingerprint density at radius 2 is 1.71 bits per heavy atom. The van der Waals surface area contributed by atoms with Crippen molar-refractivity contribution in [1.29, 1.82) is 0 Å². The number of para-hydroxylation sites is 1. The zero-order chi connectivity index (χ0) is 19.5. The molecular weight excluding hydrogens is 354 g/mol. The molecule has 2 heterocycles. The van der Waals surface area contributed by atoms with Crippen LogP contribution >= 0.6 is 0 Å². The largest absolute Gasteiger partial charge is 0.493 e. The number of aromatic nitrogens is 3. The fraction of sp³-hybridized carbons (Fsp3) is 0.0909. The first-order valence-corrected chi connectivity index (χ1v) is 8.69. The fourth-order valence-electron chi connectivity index (χ4n) is 2.83.